The van der Waals surface area contributed by atoms with Crippen LogP contribution >= 0.6 is 11.8 Å². The van der Waals surface area contributed by atoms with E-state index in [2.05, 4.69) is 38.7 Å². The number of hydrogen-bond donors (Lipinski definition) is 1. The number of rotatable bonds is 8. The van der Waals surface area contributed by atoms with Crippen LogP contribution in [0.15, 0.2) is 59.3 Å². The number of fused-ring (bicyclic) bond motifs is 1. The number of alkyl halides is 2. The molecular formula is C28H40F2OS. The lowest BCUT2D eigenvalue weighted by molar-refractivity contribution is 0.158. The molecule has 0 aromatic heterocycles. The van der Waals surface area contributed by atoms with Crippen LogP contribution in [-0.2, 0) is 0 Å². The Morgan fingerprint density at radius 3 is 2.88 bits per heavy atom. The first-order chi connectivity index (χ1) is 15.2. The maximum absolute atomic E-state index is 14.2. The largest absolute Gasteiger partial charge is 0.393 e. The van der Waals surface area contributed by atoms with E-state index >= 15 is 0 Å². The molecule has 0 aliphatic heterocycles. The van der Waals surface area contributed by atoms with E-state index in [1.54, 1.807) is 6.08 Å². The van der Waals surface area contributed by atoms with Crippen LogP contribution in [0.1, 0.15) is 78.6 Å². The van der Waals surface area contributed by atoms with Crippen molar-refractivity contribution in [3.63, 3.8) is 0 Å². The van der Waals surface area contributed by atoms with E-state index in [4.69, 9.17) is 0 Å². The Morgan fingerprint density at radius 2 is 2.12 bits per heavy atom. The van der Waals surface area contributed by atoms with E-state index in [0.717, 1.165) is 74.8 Å². The Morgan fingerprint density at radius 1 is 1.34 bits per heavy atom. The van der Waals surface area contributed by atoms with E-state index in [0.29, 0.717) is 18.1 Å². The van der Waals surface area contributed by atoms with Gasteiger partial charge in [0.25, 0.3) is 0 Å². The van der Waals surface area contributed by atoms with Gasteiger partial charge in [0, 0.05) is 0 Å². The van der Waals surface area contributed by atoms with Gasteiger partial charge in [-0.2, -0.15) is 8.78 Å². The van der Waals surface area contributed by atoms with Gasteiger partial charge in [-0.3, -0.25) is 0 Å². The van der Waals surface area contributed by atoms with Crippen LogP contribution in [0, 0.1) is 17.3 Å². The molecule has 2 saturated carbocycles. The van der Waals surface area contributed by atoms with Gasteiger partial charge in [0.15, 0.2) is 0 Å². The molecule has 0 radical (unpaired) electrons. The minimum Gasteiger partial charge on any atom is -0.393 e. The summed E-state index contributed by atoms with van der Waals surface area (Å²) in [5.41, 5.74) is 5.15. The second-order valence-corrected chi connectivity index (χ2v) is 11.3. The summed E-state index contributed by atoms with van der Waals surface area (Å²) in [6.45, 7) is 10.6. The molecule has 0 heterocycles. The molecule has 32 heavy (non-hydrogen) atoms. The average Bonchev–Trinajstić information content (AvgIpc) is 3.10. The average molecular weight is 463 g/mol. The number of halogens is 2. The van der Waals surface area contributed by atoms with Crippen molar-refractivity contribution in [2.75, 3.05) is 5.75 Å². The van der Waals surface area contributed by atoms with E-state index in [1.165, 1.54) is 16.7 Å². The molecule has 1 nitrogen and oxygen atoms in total. The molecule has 0 saturated heterocycles. The summed E-state index contributed by atoms with van der Waals surface area (Å²) in [5, 5.41) is 7.23. The van der Waals surface area contributed by atoms with Crippen LogP contribution in [0.25, 0.3) is 0 Å². The summed E-state index contributed by atoms with van der Waals surface area (Å²) in [6.07, 6.45) is 17.8. The summed E-state index contributed by atoms with van der Waals surface area (Å²) in [5.74, 6) is 0.964. The van der Waals surface area contributed by atoms with Gasteiger partial charge in [0.2, 0.25) is 0 Å². The second-order valence-electron chi connectivity index (χ2n) is 10.1. The summed E-state index contributed by atoms with van der Waals surface area (Å²) < 4.78 is 28.5. The van der Waals surface area contributed by atoms with Crippen molar-refractivity contribution in [1.29, 1.82) is 0 Å². The van der Waals surface area contributed by atoms with Gasteiger partial charge in [-0.25, -0.2) is 0 Å². The SMILES string of the molecule is C=C1CCC(O)C/C1=C/C=C1\CCCC2(C)C(C(C)/C=C/C(F)(F)SCCCC)=CCC12. The maximum atomic E-state index is 14.2. The molecule has 178 valence electrons. The molecule has 0 amide bonds. The predicted molar refractivity (Wildman–Crippen MR) is 134 cm³/mol. The first kappa shape index (κ1) is 25.5. The first-order valence-electron chi connectivity index (χ1n) is 12.3. The minimum atomic E-state index is -2.79. The van der Waals surface area contributed by atoms with Gasteiger partial charge in [0.1, 0.15) is 0 Å². The van der Waals surface area contributed by atoms with Crippen LogP contribution in [0.2, 0.25) is 0 Å². The minimum absolute atomic E-state index is 0.0219. The van der Waals surface area contributed by atoms with E-state index in [1.807, 2.05) is 6.92 Å². The van der Waals surface area contributed by atoms with Gasteiger partial charge in [-0.1, -0.05) is 86.6 Å². The molecule has 4 atom stereocenters. The zero-order valence-electron chi connectivity index (χ0n) is 20.0. The number of aliphatic hydroxyl groups is 1. The van der Waals surface area contributed by atoms with Crippen LogP contribution in [0.4, 0.5) is 8.78 Å². The number of hydrogen-bond acceptors (Lipinski definition) is 2. The number of aliphatic hydroxyl groups excluding tert-OH is 1. The zero-order chi connectivity index (χ0) is 23.4. The lowest BCUT2D eigenvalue weighted by Gasteiger charge is -2.42. The Balaban J connectivity index is 1.71. The standard InChI is InChI=1S/C28H40F2OS/c1-5-6-18-32-28(29,30)17-15-21(3)25-13-14-26-22(8-7-16-27(25,26)4)10-11-23-19-24(31)12-9-20(23)2/h10-11,13,15,17,21,24,26,31H,2,5-9,12,14,16,18-19H2,1,3-4H3/b17-15+,22-10+,23-11-. The molecule has 0 spiro atoms. The van der Waals surface area contributed by atoms with Crippen LogP contribution in [0.5, 0.6) is 0 Å². The smallest absolute Gasteiger partial charge is 0.312 e. The highest BCUT2D eigenvalue weighted by Crippen LogP contribution is 2.56. The Hall–Kier alpha value is -1.13. The quantitative estimate of drug-likeness (QED) is 0.289. The molecule has 0 bridgehead atoms. The highest BCUT2D eigenvalue weighted by Gasteiger charge is 2.45. The van der Waals surface area contributed by atoms with Gasteiger partial charge < -0.3 is 5.11 Å². The molecule has 3 aliphatic rings. The summed E-state index contributed by atoms with van der Waals surface area (Å²) in [6, 6.07) is 0. The van der Waals surface area contributed by atoms with E-state index < -0.39 is 5.25 Å². The fourth-order valence-corrected chi connectivity index (χ4v) is 6.59. The second kappa shape index (κ2) is 10.9. The Labute approximate surface area is 197 Å². The molecule has 0 aromatic rings. The molecule has 3 aliphatic carbocycles. The van der Waals surface area contributed by atoms with Gasteiger partial charge in [-0.05, 0) is 86.0 Å². The molecule has 0 aromatic carbocycles. The third-order valence-electron chi connectivity index (χ3n) is 7.66. The number of thioether (sulfide) groups is 1. The monoisotopic (exact) mass is 462 g/mol. The normalized spacial score (nSPS) is 32.6. The number of unbranched alkanes of at least 4 members (excludes halogenated alkanes) is 1. The van der Waals surface area contributed by atoms with Crippen molar-refractivity contribution < 1.29 is 13.9 Å². The fourth-order valence-electron chi connectivity index (χ4n) is 5.71. The molecule has 4 unspecified atom stereocenters. The third kappa shape index (κ3) is 6.05. The molecule has 2 fully saturated rings. The van der Waals surface area contributed by atoms with Crippen molar-refractivity contribution in [3.05, 3.63) is 59.3 Å². The Bertz CT molecular complexity index is 806. The van der Waals surface area contributed by atoms with Crippen molar-refractivity contribution in [2.45, 2.75) is 89.9 Å². The van der Waals surface area contributed by atoms with Crippen molar-refractivity contribution >= 4 is 11.8 Å². The molecular weight excluding hydrogens is 422 g/mol. The lowest BCUT2D eigenvalue weighted by Crippen LogP contribution is -2.32. The predicted octanol–water partition coefficient (Wildman–Crippen LogP) is 8.40. The van der Waals surface area contributed by atoms with Gasteiger partial charge in [0.05, 0.1) is 6.10 Å². The summed E-state index contributed by atoms with van der Waals surface area (Å²) in [7, 11) is 0. The third-order valence-corrected chi connectivity index (χ3v) is 8.67. The van der Waals surface area contributed by atoms with Crippen molar-refractivity contribution in [1.82, 2.24) is 0 Å². The number of allylic oxidation sites excluding steroid dienone is 7. The lowest BCUT2D eigenvalue weighted by atomic mass is 9.62. The topological polar surface area (TPSA) is 20.2 Å². The van der Waals surface area contributed by atoms with Crippen LogP contribution in [-0.4, -0.2) is 22.2 Å². The molecule has 3 rings (SSSR count). The highest BCUT2D eigenvalue weighted by atomic mass is 32.2. The van der Waals surface area contributed by atoms with Gasteiger partial charge in [-0.15, -0.1) is 0 Å². The van der Waals surface area contributed by atoms with Crippen molar-refractivity contribution in [3.8, 4) is 0 Å². The van der Waals surface area contributed by atoms with Crippen LogP contribution < -0.4 is 0 Å². The van der Waals surface area contributed by atoms with Crippen LogP contribution in [0.3, 0.4) is 0 Å². The first-order valence-corrected chi connectivity index (χ1v) is 13.3. The fraction of sp³-hybridized carbons (Fsp3) is 0.643. The van der Waals surface area contributed by atoms with E-state index in [-0.39, 0.29) is 17.4 Å². The maximum Gasteiger partial charge on any atom is 0.312 e. The van der Waals surface area contributed by atoms with Crippen molar-refractivity contribution in [2.24, 2.45) is 17.3 Å². The highest BCUT2D eigenvalue weighted by molar-refractivity contribution is 8.00. The molecule has 1 N–H and O–H groups in total. The van der Waals surface area contributed by atoms with E-state index in [9.17, 15) is 13.9 Å². The summed E-state index contributed by atoms with van der Waals surface area (Å²) >= 11 is 0.750. The zero-order valence-corrected chi connectivity index (χ0v) is 20.8. The molecule has 4 heteroatoms. The Kier molecular flexibility index (Phi) is 8.65. The summed E-state index contributed by atoms with van der Waals surface area (Å²) in [4.78, 5) is 0. The van der Waals surface area contributed by atoms with Gasteiger partial charge >= 0.3 is 5.25 Å².